The molecule has 0 spiro atoms. The van der Waals surface area contributed by atoms with Crippen LogP contribution in [0.5, 0.6) is 5.75 Å². The molecule has 0 heterocycles. The highest BCUT2D eigenvalue weighted by Crippen LogP contribution is 2.16. The van der Waals surface area contributed by atoms with Gasteiger partial charge in [0.05, 0.1) is 27.3 Å². The first-order chi connectivity index (χ1) is 10.0. The number of ether oxygens (including phenoxy) is 3. The molecule has 6 nitrogen and oxygen atoms in total. The van der Waals surface area contributed by atoms with Gasteiger partial charge in [0.15, 0.2) is 0 Å². The fraction of sp³-hybridized carbons (Fsp3) is 0.429. The summed E-state index contributed by atoms with van der Waals surface area (Å²) in [5.41, 5.74) is 0. The predicted octanol–water partition coefficient (Wildman–Crippen LogP) is 1.37. The van der Waals surface area contributed by atoms with Crippen molar-refractivity contribution < 1.29 is 23.8 Å². The quantitative estimate of drug-likeness (QED) is 0.675. The summed E-state index contributed by atoms with van der Waals surface area (Å²) in [7, 11) is 2.59. The molecule has 1 aromatic carbocycles. The van der Waals surface area contributed by atoms with Crippen LogP contribution in [0.2, 0.25) is 5.02 Å². The average molecular weight is 316 g/mol. The van der Waals surface area contributed by atoms with Crippen molar-refractivity contribution in [1.29, 1.82) is 0 Å². The molecule has 0 unspecified atom stereocenters. The molecule has 0 bridgehead atoms. The summed E-state index contributed by atoms with van der Waals surface area (Å²) >= 11 is 5.85. The van der Waals surface area contributed by atoms with Crippen molar-refractivity contribution in [2.45, 2.75) is 0 Å². The van der Waals surface area contributed by atoms with Gasteiger partial charge in [-0.3, -0.25) is 14.5 Å². The van der Waals surface area contributed by atoms with E-state index in [9.17, 15) is 9.59 Å². The van der Waals surface area contributed by atoms with E-state index in [2.05, 4.69) is 9.47 Å². The minimum absolute atomic E-state index is 0.00942. The minimum atomic E-state index is -0.429. The molecule has 116 valence electrons. The molecule has 0 aliphatic rings. The molecule has 0 fully saturated rings. The molecule has 0 N–H and O–H groups in total. The molecule has 0 saturated heterocycles. The van der Waals surface area contributed by atoms with E-state index in [-0.39, 0.29) is 13.1 Å². The number of carbonyl (C=O) groups excluding carboxylic acids is 2. The fourth-order valence-electron chi connectivity index (χ4n) is 1.56. The summed E-state index contributed by atoms with van der Waals surface area (Å²) < 4.78 is 14.7. The van der Waals surface area contributed by atoms with Crippen LogP contribution >= 0.6 is 11.6 Å². The Balaban J connectivity index is 2.47. The lowest BCUT2D eigenvalue weighted by Crippen LogP contribution is -2.38. The zero-order valence-electron chi connectivity index (χ0n) is 12.0. The topological polar surface area (TPSA) is 65.1 Å². The molecule has 0 aromatic heterocycles. The standard InChI is InChI=1S/C14H18ClNO5/c1-19-13(17)9-16(10-14(18)20-2)6-7-21-12-5-3-4-11(15)8-12/h3-5,8H,6-7,9-10H2,1-2H3. The van der Waals surface area contributed by atoms with Gasteiger partial charge < -0.3 is 14.2 Å². The first-order valence-electron chi connectivity index (χ1n) is 6.29. The van der Waals surface area contributed by atoms with Gasteiger partial charge in [-0.1, -0.05) is 17.7 Å². The van der Waals surface area contributed by atoms with Crippen LogP contribution in [0.25, 0.3) is 0 Å². The number of rotatable bonds is 8. The third kappa shape index (κ3) is 6.97. The van der Waals surface area contributed by atoms with Crippen molar-refractivity contribution in [3.05, 3.63) is 29.3 Å². The Morgan fingerprint density at radius 2 is 1.76 bits per heavy atom. The molecule has 0 aliphatic heterocycles. The van der Waals surface area contributed by atoms with Gasteiger partial charge in [-0.05, 0) is 18.2 Å². The molecule has 0 saturated carbocycles. The van der Waals surface area contributed by atoms with Crippen molar-refractivity contribution in [2.75, 3.05) is 40.5 Å². The highest BCUT2D eigenvalue weighted by atomic mass is 35.5. The van der Waals surface area contributed by atoms with Crippen LogP contribution in [0.15, 0.2) is 24.3 Å². The number of carbonyl (C=O) groups is 2. The molecule has 1 aromatic rings. The van der Waals surface area contributed by atoms with Gasteiger partial charge in [0.2, 0.25) is 0 Å². The Bertz CT molecular complexity index is 462. The Kier molecular flexibility index (Phi) is 7.56. The van der Waals surface area contributed by atoms with E-state index in [0.29, 0.717) is 23.9 Å². The van der Waals surface area contributed by atoms with Crippen LogP contribution in [-0.4, -0.2) is 57.3 Å². The lowest BCUT2D eigenvalue weighted by molar-refractivity contribution is -0.145. The van der Waals surface area contributed by atoms with Gasteiger partial charge >= 0.3 is 11.9 Å². The molecular weight excluding hydrogens is 298 g/mol. The van der Waals surface area contributed by atoms with Gasteiger partial charge in [-0.25, -0.2) is 0 Å². The SMILES string of the molecule is COC(=O)CN(CCOc1cccc(Cl)c1)CC(=O)OC. The van der Waals surface area contributed by atoms with Crippen molar-refractivity contribution in [1.82, 2.24) is 4.90 Å². The maximum Gasteiger partial charge on any atom is 0.319 e. The van der Waals surface area contributed by atoms with Crippen LogP contribution in [0.3, 0.4) is 0 Å². The second-order valence-corrected chi connectivity index (χ2v) is 4.61. The lowest BCUT2D eigenvalue weighted by atomic mass is 10.3. The van der Waals surface area contributed by atoms with Crippen LogP contribution in [0, 0.1) is 0 Å². The average Bonchev–Trinajstić information content (AvgIpc) is 2.46. The fourth-order valence-corrected chi connectivity index (χ4v) is 1.74. The zero-order valence-corrected chi connectivity index (χ0v) is 12.8. The third-order valence-electron chi connectivity index (χ3n) is 2.63. The molecule has 1 rings (SSSR count). The van der Waals surface area contributed by atoms with Gasteiger partial charge in [0.25, 0.3) is 0 Å². The van der Waals surface area contributed by atoms with Crippen LogP contribution in [-0.2, 0) is 19.1 Å². The molecule has 0 radical (unpaired) electrons. The lowest BCUT2D eigenvalue weighted by Gasteiger charge is -2.19. The normalized spacial score (nSPS) is 10.3. The molecular formula is C14H18ClNO5. The number of benzene rings is 1. The number of esters is 2. The Morgan fingerprint density at radius 1 is 1.14 bits per heavy atom. The van der Waals surface area contributed by atoms with Crippen LogP contribution < -0.4 is 4.74 Å². The third-order valence-corrected chi connectivity index (χ3v) is 2.87. The van der Waals surface area contributed by atoms with Crippen molar-refractivity contribution in [3.8, 4) is 5.75 Å². The van der Waals surface area contributed by atoms with Crippen molar-refractivity contribution in [2.24, 2.45) is 0 Å². The summed E-state index contributed by atoms with van der Waals surface area (Å²) in [6.45, 7) is 0.653. The van der Waals surface area contributed by atoms with Gasteiger partial charge in [-0.2, -0.15) is 0 Å². The first-order valence-corrected chi connectivity index (χ1v) is 6.67. The van der Waals surface area contributed by atoms with E-state index in [1.165, 1.54) is 14.2 Å². The van der Waals surface area contributed by atoms with E-state index in [1.54, 1.807) is 29.2 Å². The largest absolute Gasteiger partial charge is 0.492 e. The maximum atomic E-state index is 11.3. The summed E-state index contributed by atoms with van der Waals surface area (Å²) in [5, 5.41) is 0.577. The number of hydrogen-bond acceptors (Lipinski definition) is 6. The zero-order chi connectivity index (χ0) is 15.7. The van der Waals surface area contributed by atoms with Crippen molar-refractivity contribution >= 4 is 23.5 Å². The Labute approximate surface area is 128 Å². The van der Waals surface area contributed by atoms with E-state index in [0.717, 1.165) is 0 Å². The molecule has 7 heteroatoms. The van der Waals surface area contributed by atoms with Crippen molar-refractivity contribution in [3.63, 3.8) is 0 Å². The summed E-state index contributed by atoms with van der Waals surface area (Å²) in [4.78, 5) is 24.2. The molecule has 0 aliphatic carbocycles. The second kappa shape index (κ2) is 9.20. The predicted molar refractivity (Wildman–Crippen MR) is 77.4 cm³/mol. The first kappa shape index (κ1) is 17.3. The highest BCUT2D eigenvalue weighted by Gasteiger charge is 2.15. The molecule has 0 atom stereocenters. The summed E-state index contributed by atoms with van der Waals surface area (Å²) in [6, 6.07) is 6.98. The maximum absolute atomic E-state index is 11.3. The number of halogens is 1. The smallest absolute Gasteiger partial charge is 0.319 e. The van der Waals surface area contributed by atoms with E-state index >= 15 is 0 Å². The highest BCUT2D eigenvalue weighted by molar-refractivity contribution is 6.30. The number of hydrogen-bond donors (Lipinski definition) is 0. The summed E-state index contributed by atoms with van der Waals surface area (Å²) in [5.74, 6) is -0.234. The van der Waals surface area contributed by atoms with Gasteiger partial charge in [0, 0.05) is 11.6 Å². The van der Waals surface area contributed by atoms with E-state index in [4.69, 9.17) is 16.3 Å². The monoisotopic (exact) mass is 315 g/mol. The van der Waals surface area contributed by atoms with Crippen LogP contribution in [0.4, 0.5) is 0 Å². The van der Waals surface area contributed by atoms with Gasteiger partial charge in [0.1, 0.15) is 12.4 Å². The Morgan fingerprint density at radius 3 is 2.29 bits per heavy atom. The number of nitrogens with zero attached hydrogens (tertiary/aromatic N) is 1. The van der Waals surface area contributed by atoms with E-state index in [1.807, 2.05) is 0 Å². The minimum Gasteiger partial charge on any atom is -0.492 e. The molecule has 21 heavy (non-hydrogen) atoms. The van der Waals surface area contributed by atoms with Crippen LogP contribution in [0.1, 0.15) is 0 Å². The van der Waals surface area contributed by atoms with Gasteiger partial charge in [-0.15, -0.1) is 0 Å². The summed E-state index contributed by atoms with van der Waals surface area (Å²) in [6.07, 6.45) is 0. The second-order valence-electron chi connectivity index (χ2n) is 4.17. The molecule has 0 amide bonds. The van der Waals surface area contributed by atoms with E-state index < -0.39 is 11.9 Å². The Hall–Kier alpha value is -1.79. The number of methoxy groups -OCH3 is 2.